The molecule has 0 aliphatic carbocycles. The van der Waals surface area contributed by atoms with E-state index in [2.05, 4.69) is 17.6 Å². The van der Waals surface area contributed by atoms with Crippen LogP contribution in [0.1, 0.15) is 19.8 Å². The molecule has 0 aromatic rings. The second kappa shape index (κ2) is 3.05. The van der Waals surface area contributed by atoms with E-state index in [4.69, 9.17) is 0 Å². The van der Waals surface area contributed by atoms with Crippen LogP contribution >= 0.6 is 0 Å². The van der Waals surface area contributed by atoms with Crippen molar-refractivity contribution in [2.45, 2.75) is 25.9 Å². The van der Waals surface area contributed by atoms with Gasteiger partial charge in [-0.1, -0.05) is 13.3 Å². The fraction of sp³-hybridized carbons (Fsp3) is 1.00. The summed E-state index contributed by atoms with van der Waals surface area (Å²) in [5.74, 6) is 0. The molecule has 0 aromatic heterocycles. The van der Waals surface area contributed by atoms with Gasteiger partial charge in [0, 0.05) is 13.1 Å². The fourth-order valence-electron chi connectivity index (χ4n) is 0.983. The Balaban J connectivity index is 2.06. The molecule has 1 fully saturated rings. The van der Waals surface area contributed by atoms with E-state index >= 15 is 0 Å². The topological polar surface area (TPSA) is 26.1 Å². The van der Waals surface area contributed by atoms with Crippen molar-refractivity contribution in [1.29, 1.82) is 0 Å². The molecule has 0 bridgehead atoms. The van der Waals surface area contributed by atoms with Crippen LogP contribution in [0, 0.1) is 0 Å². The van der Waals surface area contributed by atoms with Gasteiger partial charge in [0.1, 0.15) is 0 Å². The summed E-state index contributed by atoms with van der Waals surface area (Å²) in [5.41, 5.74) is 0. The minimum absolute atomic E-state index is 0.486. The first-order valence-corrected chi connectivity index (χ1v) is 3.33. The standard InChI is InChI=1S/C6H13N2/c1-2-3-6-7-4-5-8-6/h6-7H,2-5H2,1H3. The van der Waals surface area contributed by atoms with Crippen LogP contribution < -0.4 is 10.6 Å². The monoisotopic (exact) mass is 113 g/mol. The number of nitrogens with one attached hydrogen (secondary N) is 1. The minimum Gasteiger partial charge on any atom is -0.299 e. The lowest BCUT2D eigenvalue weighted by atomic mass is 10.3. The molecule has 0 amide bonds. The lowest BCUT2D eigenvalue weighted by molar-refractivity contribution is 0.500. The van der Waals surface area contributed by atoms with Crippen LogP contribution in [0.15, 0.2) is 0 Å². The van der Waals surface area contributed by atoms with Gasteiger partial charge in [0.15, 0.2) is 0 Å². The minimum atomic E-state index is 0.486. The normalized spacial score (nSPS) is 22.1. The maximum absolute atomic E-state index is 4.31. The van der Waals surface area contributed by atoms with Gasteiger partial charge in [0.05, 0.1) is 6.17 Å². The average Bonchev–Trinajstić information content (AvgIpc) is 2.19. The van der Waals surface area contributed by atoms with Gasteiger partial charge in [0.2, 0.25) is 0 Å². The highest BCUT2D eigenvalue weighted by Gasteiger charge is 2.11. The molecule has 47 valence electrons. The van der Waals surface area contributed by atoms with Crippen LogP contribution in [0.5, 0.6) is 0 Å². The summed E-state index contributed by atoms with van der Waals surface area (Å²) in [7, 11) is 0. The Bertz CT molecular complexity index is 57.5. The molecule has 1 aliphatic heterocycles. The second-order valence-electron chi connectivity index (χ2n) is 2.16. The van der Waals surface area contributed by atoms with Gasteiger partial charge in [-0.3, -0.25) is 5.32 Å². The molecule has 1 N–H and O–H groups in total. The Morgan fingerprint density at radius 3 is 3.12 bits per heavy atom. The molecule has 1 radical (unpaired) electrons. The smallest absolute Gasteiger partial charge is 0.0736 e. The van der Waals surface area contributed by atoms with Gasteiger partial charge in [-0.2, -0.15) is 0 Å². The van der Waals surface area contributed by atoms with Crippen molar-refractivity contribution in [3.63, 3.8) is 0 Å². The Labute approximate surface area is 50.7 Å². The van der Waals surface area contributed by atoms with E-state index in [0.29, 0.717) is 6.17 Å². The molecule has 8 heavy (non-hydrogen) atoms. The molecule has 0 aromatic carbocycles. The van der Waals surface area contributed by atoms with Crippen molar-refractivity contribution in [2.24, 2.45) is 0 Å². The molecule has 1 atom stereocenters. The zero-order chi connectivity index (χ0) is 5.82. The first kappa shape index (κ1) is 6.05. The summed E-state index contributed by atoms with van der Waals surface area (Å²) in [6.45, 7) is 4.30. The molecule has 1 rings (SSSR count). The lowest BCUT2D eigenvalue weighted by Crippen LogP contribution is -2.25. The number of rotatable bonds is 2. The largest absolute Gasteiger partial charge is 0.299 e. The van der Waals surface area contributed by atoms with Crippen LogP contribution in [0.25, 0.3) is 0 Å². The zero-order valence-corrected chi connectivity index (χ0v) is 5.35. The van der Waals surface area contributed by atoms with E-state index in [1.165, 1.54) is 12.8 Å². The maximum atomic E-state index is 4.31. The number of hydrogen-bond acceptors (Lipinski definition) is 1. The van der Waals surface area contributed by atoms with Crippen molar-refractivity contribution in [3.05, 3.63) is 0 Å². The second-order valence-corrected chi connectivity index (χ2v) is 2.16. The van der Waals surface area contributed by atoms with Gasteiger partial charge in [-0.25, -0.2) is 5.32 Å². The van der Waals surface area contributed by atoms with Crippen LogP contribution in [0.3, 0.4) is 0 Å². The maximum Gasteiger partial charge on any atom is 0.0736 e. The lowest BCUT2D eigenvalue weighted by Gasteiger charge is -2.04. The third-order valence-electron chi connectivity index (χ3n) is 1.40. The molecule has 1 saturated heterocycles. The third kappa shape index (κ3) is 1.46. The van der Waals surface area contributed by atoms with E-state index in [1.54, 1.807) is 0 Å². The summed E-state index contributed by atoms with van der Waals surface area (Å²) in [6.07, 6.45) is 2.93. The average molecular weight is 113 g/mol. The highest BCUT2D eigenvalue weighted by molar-refractivity contribution is 4.70. The molecule has 1 aliphatic rings. The molecule has 0 saturated carbocycles. The van der Waals surface area contributed by atoms with Gasteiger partial charge < -0.3 is 0 Å². The Hall–Kier alpha value is -0.0800. The van der Waals surface area contributed by atoms with Gasteiger partial charge >= 0.3 is 0 Å². The van der Waals surface area contributed by atoms with Crippen LogP contribution in [0.2, 0.25) is 0 Å². The van der Waals surface area contributed by atoms with Gasteiger partial charge in [0.25, 0.3) is 0 Å². The quantitative estimate of drug-likeness (QED) is 0.548. The highest BCUT2D eigenvalue weighted by Crippen LogP contribution is 1.96. The van der Waals surface area contributed by atoms with Gasteiger partial charge in [-0.05, 0) is 6.42 Å². The summed E-state index contributed by atoms with van der Waals surface area (Å²) in [5, 5.41) is 7.61. The van der Waals surface area contributed by atoms with E-state index in [0.717, 1.165) is 13.1 Å². The van der Waals surface area contributed by atoms with Gasteiger partial charge in [-0.15, -0.1) is 0 Å². The summed E-state index contributed by atoms with van der Waals surface area (Å²) in [6, 6.07) is 0. The molecule has 2 heteroatoms. The number of hydrogen-bond donors (Lipinski definition) is 1. The Morgan fingerprint density at radius 2 is 2.62 bits per heavy atom. The Kier molecular flexibility index (Phi) is 2.30. The van der Waals surface area contributed by atoms with E-state index < -0.39 is 0 Å². The third-order valence-corrected chi connectivity index (χ3v) is 1.40. The predicted octanol–water partition coefficient (Wildman–Crippen LogP) is 0.320. The highest BCUT2D eigenvalue weighted by atomic mass is 15.2. The zero-order valence-electron chi connectivity index (χ0n) is 5.35. The van der Waals surface area contributed by atoms with Crippen molar-refractivity contribution in [1.82, 2.24) is 10.6 Å². The molecular weight excluding hydrogens is 100 g/mol. The molecule has 1 heterocycles. The number of nitrogens with zero attached hydrogens (tertiary/aromatic N) is 1. The van der Waals surface area contributed by atoms with Crippen LogP contribution in [0.4, 0.5) is 0 Å². The van der Waals surface area contributed by atoms with E-state index in [1.807, 2.05) is 0 Å². The first-order valence-electron chi connectivity index (χ1n) is 3.33. The Morgan fingerprint density at radius 1 is 1.75 bits per heavy atom. The summed E-state index contributed by atoms with van der Waals surface area (Å²) < 4.78 is 0. The predicted molar refractivity (Wildman–Crippen MR) is 33.7 cm³/mol. The first-order chi connectivity index (χ1) is 3.93. The molecule has 0 spiro atoms. The fourth-order valence-corrected chi connectivity index (χ4v) is 0.983. The summed E-state index contributed by atoms with van der Waals surface area (Å²) in [4.78, 5) is 0. The van der Waals surface area contributed by atoms with Crippen LogP contribution in [-0.2, 0) is 0 Å². The van der Waals surface area contributed by atoms with Crippen LogP contribution in [-0.4, -0.2) is 19.3 Å². The van der Waals surface area contributed by atoms with Crippen molar-refractivity contribution >= 4 is 0 Å². The van der Waals surface area contributed by atoms with E-state index in [-0.39, 0.29) is 0 Å². The molecule has 1 unspecified atom stereocenters. The molecular formula is C6H13N2. The van der Waals surface area contributed by atoms with Crippen molar-refractivity contribution in [3.8, 4) is 0 Å². The summed E-state index contributed by atoms with van der Waals surface area (Å²) >= 11 is 0. The van der Waals surface area contributed by atoms with Crippen molar-refractivity contribution < 1.29 is 0 Å². The van der Waals surface area contributed by atoms with Crippen molar-refractivity contribution in [2.75, 3.05) is 13.1 Å². The molecule has 2 nitrogen and oxygen atoms in total. The van der Waals surface area contributed by atoms with E-state index in [9.17, 15) is 0 Å². The SMILES string of the molecule is CCCC1[N]CCN1.